The molecular formula is C23H27N3O2S2. The summed E-state index contributed by atoms with van der Waals surface area (Å²) < 4.78 is 5.75. The first-order valence-corrected chi connectivity index (χ1v) is 12.1. The van der Waals surface area contributed by atoms with Gasteiger partial charge < -0.3 is 10.1 Å². The van der Waals surface area contributed by atoms with E-state index in [1.807, 2.05) is 47.9 Å². The van der Waals surface area contributed by atoms with Gasteiger partial charge in [0.15, 0.2) is 0 Å². The van der Waals surface area contributed by atoms with Crippen LogP contribution in [-0.2, 0) is 13.2 Å². The molecule has 7 heteroatoms. The largest absolute Gasteiger partial charge is 0.487 e. The van der Waals surface area contributed by atoms with E-state index < -0.39 is 0 Å². The summed E-state index contributed by atoms with van der Waals surface area (Å²) in [5.41, 5.74) is 1.60. The fourth-order valence-electron chi connectivity index (χ4n) is 3.65. The third kappa shape index (κ3) is 5.90. The summed E-state index contributed by atoms with van der Waals surface area (Å²) in [7, 11) is 0. The van der Waals surface area contributed by atoms with Crippen LogP contribution in [0, 0.1) is 12.8 Å². The van der Waals surface area contributed by atoms with Crippen molar-refractivity contribution in [3.05, 3.63) is 68.3 Å². The molecule has 30 heavy (non-hydrogen) atoms. The average Bonchev–Trinajstić information content (AvgIpc) is 3.43. The number of thiophene rings is 1. The number of hydrogen-bond donors (Lipinski definition) is 1. The Kier molecular flexibility index (Phi) is 7.15. The summed E-state index contributed by atoms with van der Waals surface area (Å²) in [5.74, 6) is 1.28. The van der Waals surface area contributed by atoms with E-state index in [-0.39, 0.29) is 5.91 Å². The molecule has 1 amide bonds. The van der Waals surface area contributed by atoms with E-state index in [9.17, 15) is 4.79 Å². The van der Waals surface area contributed by atoms with Crippen molar-refractivity contribution in [3.8, 4) is 5.75 Å². The number of carbonyl (C=O) groups is 1. The number of rotatable bonds is 8. The Labute approximate surface area is 185 Å². The van der Waals surface area contributed by atoms with Crippen LogP contribution in [0.1, 0.15) is 38.8 Å². The Morgan fingerprint density at radius 1 is 1.20 bits per heavy atom. The lowest BCUT2D eigenvalue weighted by molar-refractivity contribution is 0.0935. The highest BCUT2D eigenvalue weighted by atomic mass is 32.1. The van der Waals surface area contributed by atoms with Crippen LogP contribution >= 0.6 is 22.7 Å². The van der Waals surface area contributed by atoms with Crippen molar-refractivity contribution in [2.45, 2.75) is 32.9 Å². The third-order valence-electron chi connectivity index (χ3n) is 5.39. The van der Waals surface area contributed by atoms with E-state index >= 15 is 0 Å². The SMILES string of the molecule is Cc1nc(COc2ccc(C(=O)NCC3CCN(Cc4cccs4)CC3)cc2)cs1. The van der Waals surface area contributed by atoms with Gasteiger partial charge in [0.05, 0.1) is 10.7 Å². The molecule has 3 heterocycles. The standard InChI is InChI=1S/C23H27N3O2S2/c1-17-25-20(16-30-17)15-28-21-6-4-19(5-7-21)23(27)24-13-18-8-10-26(11-9-18)14-22-3-2-12-29-22/h2-7,12,16,18H,8-11,13-15H2,1H3,(H,24,27). The van der Waals surface area contributed by atoms with Crippen LogP contribution in [0.3, 0.4) is 0 Å². The van der Waals surface area contributed by atoms with Crippen molar-refractivity contribution >= 4 is 28.6 Å². The topological polar surface area (TPSA) is 54.5 Å². The first-order chi connectivity index (χ1) is 14.7. The van der Waals surface area contributed by atoms with Crippen LogP contribution in [0.5, 0.6) is 5.75 Å². The van der Waals surface area contributed by atoms with Gasteiger partial charge in [0.1, 0.15) is 12.4 Å². The van der Waals surface area contributed by atoms with Gasteiger partial charge in [-0.1, -0.05) is 6.07 Å². The van der Waals surface area contributed by atoms with Gasteiger partial charge in [0.25, 0.3) is 5.91 Å². The van der Waals surface area contributed by atoms with Crippen molar-refractivity contribution in [2.24, 2.45) is 5.92 Å². The molecule has 0 saturated carbocycles. The van der Waals surface area contributed by atoms with Crippen LogP contribution in [0.4, 0.5) is 0 Å². The number of nitrogens with one attached hydrogen (secondary N) is 1. The van der Waals surface area contributed by atoms with Gasteiger partial charge in [-0.25, -0.2) is 4.98 Å². The maximum absolute atomic E-state index is 12.5. The molecule has 0 radical (unpaired) electrons. The smallest absolute Gasteiger partial charge is 0.251 e. The van der Waals surface area contributed by atoms with E-state index in [0.717, 1.165) is 55.5 Å². The van der Waals surface area contributed by atoms with Crippen LogP contribution < -0.4 is 10.1 Å². The lowest BCUT2D eigenvalue weighted by Gasteiger charge is -2.31. The molecule has 0 unspecified atom stereocenters. The average molecular weight is 442 g/mol. The summed E-state index contributed by atoms with van der Waals surface area (Å²) >= 11 is 3.44. The molecule has 1 aliphatic heterocycles. The van der Waals surface area contributed by atoms with E-state index in [0.29, 0.717) is 18.1 Å². The van der Waals surface area contributed by atoms with Crippen molar-refractivity contribution in [2.75, 3.05) is 19.6 Å². The predicted octanol–water partition coefficient (Wildman–Crippen LogP) is 4.73. The quantitative estimate of drug-likeness (QED) is 0.549. The lowest BCUT2D eigenvalue weighted by atomic mass is 9.96. The molecule has 0 bridgehead atoms. The number of aryl methyl sites for hydroxylation is 1. The molecule has 4 rings (SSSR count). The van der Waals surface area contributed by atoms with Gasteiger partial charge in [-0.2, -0.15) is 0 Å². The maximum atomic E-state index is 12.5. The lowest BCUT2D eigenvalue weighted by Crippen LogP contribution is -2.38. The highest BCUT2D eigenvalue weighted by Crippen LogP contribution is 2.20. The Hall–Kier alpha value is -2.22. The van der Waals surface area contributed by atoms with Gasteiger partial charge in [0.2, 0.25) is 0 Å². The summed E-state index contributed by atoms with van der Waals surface area (Å²) in [6.07, 6.45) is 2.27. The molecule has 0 spiro atoms. The normalized spacial score (nSPS) is 15.2. The molecule has 0 atom stereocenters. The molecule has 3 aromatic rings. The number of hydrogen-bond acceptors (Lipinski definition) is 6. The highest BCUT2D eigenvalue weighted by Gasteiger charge is 2.20. The second-order valence-electron chi connectivity index (χ2n) is 7.68. The maximum Gasteiger partial charge on any atom is 0.251 e. The first kappa shape index (κ1) is 21.0. The second-order valence-corrected chi connectivity index (χ2v) is 9.77. The Bertz CT molecular complexity index is 930. The van der Waals surface area contributed by atoms with E-state index in [1.54, 1.807) is 11.3 Å². The van der Waals surface area contributed by atoms with Gasteiger partial charge in [-0.05, 0) is 74.5 Å². The zero-order valence-corrected chi connectivity index (χ0v) is 18.8. The van der Waals surface area contributed by atoms with Gasteiger partial charge in [0, 0.05) is 28.9 Å². The Balaban J connectivity index is 1.18. The van der Waals surface area contributed by atoms with Crippen molar-refractivity contribution in [1.82, 2.24) is 15.2 Å². The number of piperidine rings is 1. The summed E-state index contributed by atoms with van der Waals surface area (Å²) in [6.45, 7) is 6.42. The van der Waals surface area contributed by atoms with E-state index in [4.69, 9.17) is 4.74 Å². The number of benzene rings is 1. The van der Waals surface area contributed by atoms with Crippen molar-refractivity contribution < 1.29 is 9.53 Å². The molecular weight excluding hydrogens is 414 g/mol. The zero-order valence-electron chi connectivity index (χ0n) is 17.2. The van der Waals surface area contributed by atoms with E-state index in [2.05, 4.69) is 32.7 Å². The number of aromatic nitrogens is 1. The predicted molar refractivity (Wildman–Crippen MR) is 122 cm³/mol. The van der Waals surface area contributed by atoms with Crippen molar-refractivity contribution in [1.29, 1.82) is 0 Å². The molecule has 1 saturated heterocycles. The Morgan fingerprint density at radius 3 is 2.67 bits per heavy atom. The minimum absolute atomic E-state index is 0.0160. The zero-order chi connectivity index (χ0) is 20.8. The number of carbonyl (C=O) groups excluding carboxylic acids is 1. The first-order valence-electron chi connectivity index (χ1n) is 10.3. The molecule has 1 fully saturated rings. The summed E-state index contributed by atoms with van der Waals surface area (Å²) in [6, 6.07) is 11.6. The number of likely N-dealkylation sites (tertiary alicyclic amines) is 1. The number of thiazole rings is 1. The van der Waals surface area contributed by atoms with Crippen LogP contribution in [0.2, 0.25) is 0 Å². The molecule has 2 aromatic heterocycles. The minimum Gasteiger partial charge on any atom is -0.487 e. The second kappa shape index (κ2) is 10.2. The number of nitrogens with zero attached hydrogens (tertiary/aromatic N) is 2. The minimum atomic E-state index is -0.0160. The summed E-state index contributed by atoms with van der Waals surface area (Å²) in [5, 5.41) is 8.28. The number of amides is 1. The molecule has 5 nitrogen and oxygen atoms in total. The van der Waals surface area contributed by atoms with Gasteiger partial charge in [-0.15, -0.1) is 22.7 Å². The molecule has 0 aliphatic carbocycles. The monoisotopic (exact) mass is 441 g/mol. The van der Waals surface area contributed by atoms with Crippen molar-refractivity contribution in [3.63, 3.8) is 0 Å². The van der Waals surface area contributed by atoms with Gasteiger partial charge >= 0.3 is 0 Å². The van der Waals surface area contributed by atoms with Crippen LogP contribution in [-0.4, -0.2) is 35.4 Å². The fourth-order valence-corrected chi connectivity index (χ4v) is 4.99. The number of ether oxygens (including phenoxy) is 1. The Morgan fingerprint density at radius 2 is 2.00 bits per heavy atom. The van der Waals surface area contributed by atoms with Gasteiger partial charge in [-0.3, -0.25) is 9.69 Å². The summed E-state index contributed by atoms with van der Waals surface area (Å²) in [4.78, 5) is 20.8. The third-order valence-corrected chi connectivity index (χ3v) is 7.07. The van der Waals surface area contributed by atoms with Crippen LogP contribution in [0.15, 0.2) is 47.2 Å². The fraction of sp³-hybridized carbons (Fsp3) is 0.391. The molecule has 158 valence electrons. The molecule has 1 N–H and O–H groups in total. The highest BCUT2D eigenvalue weighted by molar-refractivity contribution is 7.10. The van der Waals surface area contributed by atoms with E-state index in [1.165, 1.54) is 4.88 Å². The van der Waals surface area contributed by atoms with Crippen LogP contribution in [0.25, 0.3) is 0 Å². The molecule has 1 aliphatic rings. The molecule has 1 aromatic carbocycles.